The second-order valence-electron chi connectivity index (χ2n) is 4.67. The molecule has 0 radical (unpaired) electrons. The molecule has 1 aromatic carbocycles. The topological polar surface area (TPSA) is 77.8 Å². The van der Waals surface area contributed by atoms with Crippen molar-refractivity contribution in [1.82, 2.24) is 0 Å². The summed E-state index contributed by atoms with van der Waals surface area (Å²) in [4.78, 5) is 10.8. The van der Waals surface area contributed by atoms with E-state index in [9.17, 15) is 9.90 Å². The highest BCUT2D eigenvalue weighted by atomic mass is 16.4. The molecule has 1 saturated carbocycles. The summed E-state index contributed by atoms with van der Waals surface area (Å²) in [5, 5.41) is 27.1. The van der Waals surface area contributed by atoms with E-state index in [1.54, 1.807) is 12.1 Å². The van der Waals surface area contributed by atoms with Crippen molar-refractivity contribution in [1.29, 1.82) is 0 Å². The van der Waals surface area contributed by atoms with Crippen molar-refractivity contribution in [2.24, 2.45) is 0 Å². The predicted octanol–water partition coefficient (Wildman–Crippen LogP) is 1.22. The summed E-state index contributed by atoms with van der Waals surface area (Å²) in [6, 6.07) is 7.20. The summed E-state index contributed by atoms with van der Waals surface area (Å²) < 4.78 is 0. The lowest BCUT2D eigenvalue weighted by atomic mass is 9.91. The summed E-state index contributed by atoms with van der Waals surface area (Å²) in [7, 11) is 0. The summed E-state index contributed by atoms with van der Waals surface area (Å²) >= 11 is 0. The quantitative estimate of drug-likeness (QED) is 0.718. The number of carboxylic acid groups (broad SMARTS) is 1. The smallest absolute Gasteiger partial charge is 0.304 e. The molecule has 0 aromatic heterocycles. The van der Waals surface area contributed by atoms with Crippen molar-refractivity contribution in [3.8, 4) is 0 Å². The van der Waals surface area contributed by atoms with Gasteiger partial charge in [-0.3, -0.25) is 4.79 Å². The Morgan fingerprint density at radius 3 is 2.29 bits per heavy atom. The highest BCUT2D eigenvalue weighted by Crippen LogP contribution is 2.51. The number of hydrogen-bond donors (Lipinski definition) is 3. The molecule has 1 atom stereocenters. The van der Waals surface area contributed by atoms with Gasteiger partial charge in [0.15, 0.2) is 0 Å². The Hall–Kier alpha value is -1.39. The minimum atomic E-state index is -0.862. The predicted molar refractivity (Wildman–Crippen MR) is 61.7 cm³/mol. The minimum Gasteiger partial charge on any atom is -0.481 e. The van der Waals surface area contributed by atoms with Crippen LogP contribution in [0, 0.1) is 0 Å². The minimum absolute atomic E-state index is 0.162. The number of aliphatic carboxylic acids is 1. The van der Waals surface area contributed by atoms with E-state index < -0.39 is 12.1 Å². The molecule has 1 fully saturated rings. The molecule has 0 spiro atoms. The molecule has 4 nitrogen and oxygen atoms in total. The third-order valence-corrected chi connectivity index (χ3v) is 3.42. The maximum absolute atomic E-state index is 10.8. The molecule has 17 heavy (non-hydrogen) atoms. The number of carbonyl (C=O) groups is 1. The van der Waals surface area contributed by atoms with Gasteiger partial charge in [-0.05, 0) is 24.0 Å². The standard InChI is InChI=1S/C13H16O4/c14-8-11(15)9-1-3-10(4-2-9)13(5-6-13)7-12(16)17/h1-4,11,14-15H,5-8H2,(H,16,17). The van der Waals surface area contributed by atoms with Gasteiger partial charge in [0.2, 0.25) is 0 Å². The number of carboxylic acids is 1. The van der Waals surface area contributed by atoms with Crippen LogP contribution in [0.2, 0.25) is 0 Å². The number of rotatable bonds is 5. The van der Waals surface area contributed by atoms with Gasteiger partial charge >= 0.3 is 5.97 Å². The van der Waals surface area contributed by atoms with Gasteiger partial charge < -0.3 is 15.3 Å². The van der Waals surface area contributed by atoms with Gasteiger partial charge in [0.1, 0.15) is 6.10 Å². The monoisotopic (exact) mass is 236 g/mol. The van der Waals surface area contributed by atoms with Gasteiger partial charge in [-0.2, -0.15) is 0 Å². The lowest BCUT2D eigenvalue weighted by molar-refractivity contribution is -0.137. The molecule has 1 unspecified atom stereocenters. The summed E-state index contributed by atoms with van der Waals surface area (Å²) in [5.74, 6) is -0.776. The van der Waals surface area contributed by atoms with Crippen LogP contribution in [0.1, 0.15) is 36.5 Å². The second-order valence-corrected chi connectivity index (χ2v) is 4.67. The van der Waals surface area contributed by atoms with E-state index in [0.29, 0.717) is 5.56 Å². The van der Waals surface area contributed by atoms with Gasteiger partial charge in [-0.15, -0.1) is 0 Å². The third-order valence-electron chi connectivity index (χ3n) is 3.42. The molecular weight excluding hydrogens is 220 g/mol. The van der Waals surface area contributed by atoms with Crippen LogP contribution in [0.4, 0.5) is 0 Å². The van der Waals surface area contributed by atoms with E-state index in [1.807, 2.05) is 12.1 Å². The average Bonchev–Trinajstić information content (AvgIpc) is 3.08. The number of hydrogen-bond acceptors (Lipinski definition) is 3. The number of benzene rings is 1. The van der Waals surface area contributed by atoms with Crippen LogP contribution >= 0.6 is 0 Å². The van der Waals surface area contributed by atoms with E-state index in [0.717, 1.165) is 18.4 Å². The third kappa shape index (κ3) is 2.48. The van der Waals surface area contributed by atoms with Gasteiger partial charge in [-0.25, -0.2) is 0 Å². The van der Waals surface area contributed by atoms with Crippen molar-refractivity contribution in [2.45, 2.75) is 30.8 Å². The average molecular weight is 236 g/mol. The maximum atomic E-state index is 10.8. The van der Waals surface area contributed by atoms with E-state index in [1.165, 1.54) is 0 Å². The van der Waals surface area contributed by atoms with Crippen LogP contribution in [0.3, 0.4) is 0 Å². The second kappa shape index (κ2) is 4.47. The van der Waals surface area contributed by atoms with Gasteiger partial charge in [0, 0.05) is 5.41 Å². The fourth-order valence-corrected chi connectivity index (χ4v) is 2.17. The molecule has 1 aliphatic carbocycles. The zero-order chi connectivity index (χ0) is 12.5. The van der Waals surface area contributed by atoms with Gasteiger partial charge in [-0.1, -0.05) is 24.3 Å². The first kappa shape index (κ1) is 12.1. The first-order valence-electron chi connectivity index (χ1n) is 5.68. The first-order chi connectivity index (χ1) is 8.07. The summed E-state index contributed by atoms with van der Waals surface area (Å²) in [6.45, 7) is -0.306. The molecule has 4 heteroatoms. The summed E-state index contributed by atoms with van der Waals surface area (Å²) in [5.41, 5.74) is 1.46. The van der Waals surface area contributed by atoms with Crippen LogP contribution in [-0.4, -0.2) is 27.9 Å². The number of aliphatic hydroxyl groups excluding tert-OH is 2. The van der Waals surface area contributed by atoms with Crippen molar-refractivity contribution in [3.05, 3.63) is 35.4 Å². The highest BCUT2D eigenvalue weighted by Gasteiger charge is 2.45. The maximum Gasteiger partial charge on any atom is 0.304 e. The molecule has 1 aliphatic rings. The largest absolute Gasteiger partial charge is 0.481 e. The van der Waals surface area contributed by atoms with E-state index in [4.69, 9.17) is 10.2 Å². The van der Waals surface area contributed by atoms with E-state index >= 15 is 0 Å². The molecule has 0 saturated heterocycles. The number of aliphatic hydroxyl groups is 2. The first-order valence-corrected chi connectivity index (χ1v) is 5.68. The van der Waals surface area contributed by atoms with Crippen molar-refractivity contribution in [3.63, 3.8) is 0 Å². The Labute approximate surface area is 99.5 Å². The normalized spacial score (nSPS) is 18.7. The molecule has 1 aromatic rings. The summed E-state index contributed by atoms with van der Waals surface area (Å²) in [6.07, 6.45) is 1.11. The Morgan fingerprint density at radius 2 is 1.88 bits per heavy atom. The molecule has 0 bridgehead atoms. The fraction of sp³-hybridized carbons (Fsp3) is 0.462. The molecule has 0 amide bonds. The van der Waals surface area contributed by atoms with Crippen LogP contribution in [0.5, 0.6) is 0 Å². The lowest BCUT2D eigenvalue weighted by Crippen LogP contribution is -2.13. The van der Waals surface area contributed by atoms with E-state index in [2.05, 4.69) is 0 Å². The molecule has 92 valence electrons. The van der Waals surface area contributed by atoms with Gasteiger partial charge in [0.05, 0.1) is 13.0 Å². The Morgan fingerprint density at radius 1 is 1.29 bits per heavy atom. The Bertz CT molecular complexity index is 406. The Kier molecular flexibility index (Phi) is 3.17. The van der Waals surface area contributed by atoms with Crippen molar-refractivity contribution >= 4 is 5.97 Å². The van der Waals surface area contributed by atoms with Crippen LogP contribution in [0.15, 0.2) is 24.3 Å². The zero-order valence-electron chi connectivity index (χ0n) is 9.47. The van der Waals surface area contributed by atoms with E-state index in [-0.39, 0.29) is 18.4 Å². The Balaban J connectivity index is 2.15. The fourth-order valence-electron chi connectivity index (χ4n) is 2.17. The SMILES string of the molecule is O=C(O)CC1(c2ccc(C(O)CO)cc2)CC1. The molecular formula is C13H16O4. The van der Waals surface area contributed by atoms with Gasteiger partial charge in [0.25, 0.3) is 0 Å². The van der Waals surface area contributed by atoms with Crippen molar-refractivity contribution < 1.29 is 20.1 Å². The van der Waals surface area contributed by atoms with Crippen LogP contribution < -0.4 is 0 Å². The zero-order valence-corrected chi connectivity index (χ0v) is 9.47. The molecule has 2 rings (SSSR count). The molecule has 3 N–H and O–H groups in total. The molecule has 0 heterocycles. The van der Waals surface area contributed by atoms with Crippen LogP contribution in [0.25, 0.3) is 0 Å². The van der Waals surface area contributed by atoms with Crippen LogP contribution in [-0.2, 0) is 10.2 Å². The lowest BCUT2D eigenvalue weighted by Gasteiger charge is -2.14. The highest BCUT2D eigenvalue weighted by molar-refractivity contribution is 5.70. The molecule has 0 aliphatic heterocycles. The van der Waals surface area contributed by atoms with Crippen molar-refractivity contribution in [2.75, 3.05) is 6.61 Å².